The standard InChI is InChI=1S/C3H7B.2ClH/c1-2-3-4;;/h2H,1,3-4H2;2*1H. The lowest BCUT2D eigenvalue weighted by Crippen LogP contribution is -1.47. The molecule has 0 aliphatic carbocycles. The Bertz CT molecular complexity index is 22.8. The van der Waals surface area contributed by atoms with Gasteiger partial charge in [0.15, 0.2) is 0 Å². The van der Waals surface area contributed by atoms with Gasteiger partial charge in [0, 0.05) is 0 Å². The van der Waals surface area contributed by atoms with Crippen LogP contribution in [0, 0.1) is 0 Å². The van der Waals surface area contributed by atoms with Crippen molar-refractivity contribution in [2.24, 2.45) is 0 Å². The minimum atomic E-state index is 0. The van der Waals surface area contributed by atoms with Crippen molar-refractivity contribution in [3.05, 3.63) is 12.7 Å². The Morgan fingerprint density at radius 1 is 1.50 bits per heavy atom. The van der Waals surface area contributed by atoms with E-state index >= 15 is 0 Å². The third-order valence-corrected chi connectivity index (χ3v) is 0.289. The molecule has 0 spiro atoms. The molecule has 0 radical (unpaired) electrons. The summed E-state index contributed by atoms with van der Waals surface area (Å²) < 4.78 is 0. The highest BCUT2D eigenvalue weighted by molar-refractivity contribution is 6.09. The van der Waals surface area contributed by atoms with Crippen molar-refractivity contribution in [1.29, 1.82) is 0 Å². The van der Waals surface area contributed by atoms with Gasteiger partial charge in [0.05, 0.1) is 0 Å². The average Bonchev–Trinajstić information content (AvgIpc) is 1.37. The first kappa shape index (κ1) is 16.2. The zero-order valence-electron chi connectivity index (χ0n) is 3.81. The molecule has 3 heteroatoms. The van der Waals surface area contributed by atoms with E-state index in [4.69, 9.17) is 0 Å². The molecular formula is C3H9BCl2. The van der Waals surface area contributed by atoms with E-state index in [1.807, 2.05) is 6.08 Å². The van der Waals surface area contributed by atoms with Gasteiger partial charge in [-0.25, -0.2) is 0 Å². The Balaban J connectivity index is -0.0000000450. The lowest BCUT2D eigenvalue weighted by Gasteiger charge is -1.56. The van der Waals surface area contributed by atoms with Crippen LogP contribution >= 0.6 is 24.8 Å². The minimum Gasteiger partial charge on any atom is -0.147 e. The molecule has 0 saturated carbocycles. The summed E-state index contributed by atoms with van der Waals surface area (Å²) >= 11 is 0. The Hall–Kier alpha value is 0.385. The SMILES string of the molecule is BCC=C.Cl.Cl. The molecule has 0 amide bonds. The third kappa shape index (κ3) is 26.2. The molecule has 0 heterocycles. The van der Waals surface area contributed by atoms with Crippen LogP contribution in [-0.2, 0) is 0 Å². The van der Waals surface area contributed by atoms with Crippen molar-refractivity contribution < 1.29 is 0 Å². The van der Waals surface area contributed by atoms with Crippen LogP contribution in [0.1, 0.15) is 0 Å². The van der Waals surface area contributed by atoms with Gasteiger partial charge in [-0.3, -0.25) is 0 Å². The molecule has 0 aliphatic heterocycles. The predicted molar refractivity (Wildman–Crippen MR) is 38.0 cm³/mol. The van der Waals surface area contributed by atoms with E-state index in [1.54, 1.807) is 0 Å². The van der Waals surface area contributed by atoms with Crippen LogP contribution in [0.4, 0.5) is 0 Å². The van der Waals surface area contributed by atoms with Gasteiger partial charge in [-0.1, -0.05) is 12.4 Å². The maximum Gasteiger partial charge on any atom is 0.106 e. The van der Waals surface area contributed by atoms with E-state index in [0.29, 0.717) is 0 Å². The van der Waals surface area contributed by atoms with Crippen molar-refractivity contribution >= 4 is 32.7 Å². The molecule has 0 N–H and O–H groups in total. The van der Waals surface area contributed by atoms with Gasteiger partial charge < -0.3 is 0 Å². The summed E-state index contributed by atoms with van der Waals surface area (Å²) in [5.41, 5.74) is 0. The molecule has 0 atom stereocenters. The first-order chi connectivity index (χ1) is 1.91. The quantitative estimate of drug-likeness (QED) is 0.365. The second-order valence-electron chi connectivity index (χ2n) is 0.697. The summed E-state index contributed by atoms with van der Waals surface area (Å²) in [5.74, 6) is 0. The van der Waals surface area contributed by atoms with Crippen molar-refractivity contribution in [3.63, 3.8) is 0 Å². The van der Waals surface area contributed by atoms with E-state index in [1.165, 1.54) is 0 Å². The van der Waals surface area contributed by atoms with E-state index in [2.05, 4.69) is 14.4 Å². The number of hydrogen-bond donors (Lipinski definition) is 0. The van der Waals surface area contributed by atoms with Gasteiger partial charge in [0.25, 0.3) is 0 Å². The molecule has 0 saturated heterocycles. The maximum absolute atomic E-state index is 3.48. The maximum atomic E-state index is 3.48. The molecule has 0 aromatic rings. The van der Waals surface area contributed by atoms with Gasteiger partial charge in [-0.2, -0.15) is 0 Å². The number of halogens is 2. The number of rotatable bonds is 1. The lowest BCUT2D eigenvalue weighted by atomic mass is 10.1. The minimum absolute atomic E-state index is 0. The van der Waals surface area contributed by atoms with Crippen LogP contribution in [0.2, 0.25) is 6.32 Å². The fraction of sp³-hybridized carbons (Fsp3) is 0.333. The molecule has 38 valence electrons. The molecule has 0 aromatic heterocycles. The zero-order valence-corrected chi connectivity index (χ0v) is 5.44. The second-order valence-corrected chi connectivity index (χ2v) is 0.697. The fourth-order valence-electron chi connectivity index (χ4n) is 0. The molecular weight excluding hydrogens is 118 g/mol. The van der Waals surface area contributed by atoms with E-state index in [0.717, 1.165) is 6.32 Å². The largest absolute Gasteiger partial charge is 0.147 e. The van der Waals surface area contributed by atoms with Gasteiger partial charge in [0.2, 0.25) is 0 Å². The second kappa shape index (κ2) is 18.2. The molecule has 0 aromatic carbocycles. The third-order valence-electron chi connectivity index (χ3n) is 0.289. The van der Waals surface area contributed by atoms with Gasteiger partial charge in [0.1, 0.15) is 7.85 Å². The molecule has 0 unspecified atom stereocenters. The van der Waals surface area contributed by atoms with Crippen LogP contribution in [0.5, 0.6) is 0 Å². The predicted octanol–water partition coefficient (Wildman–Crippen LogP) is 1.07. The Kier molecular flexibility index (Phi) is 49.0. The van der Waals surface area contributed by atoms with E-state index < -0.39 is 0 Å². The normalized spacial score (nSPS) is 4.00. The van der Waals surface area contributed by atoms with E-state index in [-0.39, 0.29) is 24.8 Å². The summed E-state index contributed by atoms with van der Waals surface area (Å²) in [4.78, 5) is 0. The molecule has 0 rings (SSSR count). The fourth-order valence-corrected chi connectivity index (χ4v) is 0. The molecule has 0 nitrogen and oxygen atoms in total. The van der Waals surface area contributed by atoms with Crippen molar-refractivity contribution in [2.75, 3.05) is 0 Å². The Labute approximate surface area is 52.2 Å². The highest BCUT2D eigenvalue weighted by atomic mass is 35.5. The smallest absolute Gasteiger partial charge is 0.106 e. The molecule has 0 aliphatic rings. The summed E-state index contributed by atoms with van der Waals surface area (Å²) in [6.45, 7) is 3.48. The Morgan fingerprint density at radius 3 is 1.67 bits per heavy atom. The van der Waals surface area contributed by atoms with E-state index in [9.17, 15) is 0 Å². The monoisotopic (exact) mass is 126 g/mol. The zero-order chi connectivity index (χ0) is 3.41. The number of allylic oxidation sites excluding steroid dienone is 1. The Morgan fingerprint density at radius 2 is 1.67 bits per heavy atom. The molecule has 0 bridgehead atoms. The summed E-state index contributed by atoms with van der Waals surface area (Å²) in [6.07, 6.45) is 2.96. The van der Waals surface area contributed by atoms with Crippen LogP contribution < -0.4 is 0 Å². The van der Waals surface area contributed by atoms with Crippen LogP contribution in [0.3, 0.4) is 0 Å². The molecule has 0 fully saturated rings. The summed E-state index contributed by atoms with van der Waals surface area (Å²) in [7, 11) is 2.06. The van der Waals surface area contributed by atoms with Crippen molar-refractivity contribution in [2.45, 2.75) is 6.32 Å². The number of hydrogen-bond acceptors (Lipinski definition) is 0. The van der Waals surface area contributed by atoms with Crippen molar-refractivity contribution in [3.8, 4) is 0 Å². The average molecular weight is 127 g/mol. The van der Waals surface area contributed by atoms with Crippen LogP contribution in [-0.4, -0.2) is 7.85 Å². The summed E-state index contributed by atoms with van der Waals surface area (Å²) in [5, 5.41) is 0. The topological polar surface area (TPSA) is 0 Å². The first-order valence-electron chi connectivity index (χ1n) is 1.52. The molecule has 6 heavy (non-hydrogen) atoms. The highest BCUT2D eigenvalue weighted by Gasteiger charge is 1.47. The lowest BCUT2D eigenvalue weighted by molar-refractivity contribution is 1.76. The van der Waals surface area contributed by atoms with Crippen LogP contribution in [0.15, 0.2) is 12.7 Å². The van der Waals surface area contributed by atoms with Gasteiger partial charge in [-0.15, -0.1) is 31.4 Å². The summed E-state index contributed by atoms with van der Waals surface area (Å²) in [6, 6.07) is 0. The van der Waals surface area contributed by atoms with Crippen molar-refractivity contribution in [1.82, 2.24) is 0 Å². The first-order valence-corrected chi connectivity index (χ1v) is 1.52. The van der Waals surface area contributed by atoms with Gasteiger partial charge >= 0.3 is 0 Å². The van der Waals surface area contributed by atoms with Gasteiger partial charge in [-0.05, 0) is 0 Å². The van der Waals surface area contributed by atoms with Crippen LogP contribution in [0.25, 0.3) is 0 Å². The highest BCUT2D eigenvalue weighted by Crippen LogP contribution is 1.61.